The Balaban J connectivity index is 2.40. The summed E-state index contributed by atoms with van der Waals surface area (Å²) in [6, 6.07) is -0.547. The molecule has 2 rings (SSSR count). The van der Waals surface area contributed by atoms with Gasteiger partial charge < -0.3 is 10.1 Å². The van der Waals surface area contributed by atoms with Crippen molar-refractivity contribution >= 4 is 38.5 Å². The van der Waals surface area contributed by atoms with Crippen LogP contribution in [0.3, 0.4) is 0 Å². The summed E-state index contributed by atoms with van der Waals surface area (Å²) in [6.07, 6.45) is 0. The van der Waals surface area contributed by atoms with E-state index in [4.69, 9.17) is 4.74 Å². The van der Waals surface area contributed by atoms with Gasteiger partial charge in [-0.3, -0.25) is 4.79 Å². The van der Waals surface area contributed by atoms with E-state index in [1.807, 2.05) is 0 Å². The molecule has 2 amide bonds. The van der Waals surface area contributed by atoms with Crippen molar-refractivity contribution in [2.75, 3.05) is 25.5 Å². The van der Waals surface area contributed by atoms with Crippen LogP contribution in [0.5, 0.6) is 0 Å². The first-order valence-corrected chi connectivity index (χ1v) is 8.37. The van der Waals surface area contributed by atoms with E-state index in [-0.39, 0.29) is 16.0 Å². The van der Waals surface area contributed by atoms with Crippen molar-refractivity contribution in [2.45, 2.75) is 23.9 Å². The molecule has 122 valence electrons. The molecule has 2 heterocycles. The molecule has 0 radical (unpaired) electrons. The zero-order chi connectivity index (χ0) is 16.7. The number of carbonyl (C=O) groups is 2. The number of rotatable bonds is 4. The Morgan fingerprint density at radius 1 is 1.45 bits per heavy atom. The van der Waals surface area contributed by atoms with Gasteiger partial charge in [0, 0.05) is 21.0 Å². The third-order valence-electron chi connectivity index (χ3n) is 2.90. The Kier molecular flexibility index (Phi) is 4.10. The molecule has 1 aliphatic heterocycles. The normalized spacial score (nSPS) is 22.0. The number of urea groups is 1. The van der Waals surface area contributed by atoms with E-state index in [9.17, 15) is 18.0 Å². The molecule has 22 heavy (non-hydrogen) atoms. The van der Waals surface area contributed by atoms with Gasteiger partial charge in [-0.05, 0) is 6.92 Å². The van der Waals surface area contributed by atoms with Gasteiger partial charge in [0.25, 0.3) is 10.0 Å². The Morgan fingerprint density at radius 2 is 2.09 bits per heavy atom. The number of nitrogens with zero attached hydrogens (tertiary/aromatic N) is 4. The molecule has 1 aromatic rings. The summed E-state index contributed by atoms with van der Waals surface area (Å²) in [5.74, 6) is -0.574. The topological polar surface area (TPSA) is 122 Å². The number of ether oxygens (including phenoxy) is 1. The molecule has 0 bridgehead atoms. The minimum Gasteiger partial charge on any atom is -0.437 e. The van der Waals surface area contributed by atoms with Crippen molar-refractivity contribution in [3.8, 4) is 0 Å². The van der Waals surface area contributed by atoms with Crippen LogP contribution >= 0.6 is 11.3 Å². The van der Waals surface area contributed by atoms with Crippen LogP contribution in [0.15, 0.2) is 4.34 Å². The molecule has 1 N–H and O–H groups in total. The summed E-state index contributed by atoms with van der Waals surface area (Å²) < 4.78 is 29.9. The summed E-state index contributed by atoms with van der Waals surface area (Å²) in [4.78, 5) is 24.3. The summed E-state index contributed by atoms with van der Waals surface area (Å²) in [5, 5.41) is 9.90. The third-order valence-corrected chi connectivity index (χ3v) is 5.97. The highest BCUT2D eigenvalue weighted by Crippen LogP contribution is 2.33. The predicted molar refractivity (Wildman–Crippen MR) is 76.8 cm³/mol. The molecular weight excluding hydrogens is 334 g/mol. The fourth-order valence-electron chi connectivity index (χ4n) is 1.85. The lowest BCUT2D eigenvalue weighted by Gasteiger charge is -2.30. The van der Waals surface area contributed by atoms with Crippen LogP contribution in [0.25, 0.3) is 0 Å². The number of esters is 1. The van der Waals surface area contributed by atoms with Crippen LogP contribution in [-0.4, -0.2) is 61.3 Å². The largest absolute Gasteiger partial charge is 0.437 e. The first-order valence-electron chi connectivity index (χ1n) is 6.11. The number of nitrogens with one attached hydrogen (secondary N) is 1. The molecule has 0 aliphatic carbocycles. The Hall–Kier alpha value is -1.79. The second-order valence-electron chi connectivity index (χ2n) is 4.90. The standard InChI is InChI=1S/C10H15N5O5S2/c1-6(16)20-10(2)5-11-7(17)15(10)8-12-13-9(21-8)22(18,19)14(3)4/h5H2,1-4H3,(H,11,17). The maximum Gasteiger partial charge on any atom is 0.327 e. The van der Waals surface area contributed by atoms with Crippen LogP contribution in [0.1, 0.15) is 13.8 Å². The fourth-order valence-corrected chi connectivity index (χ4v) is 4.08. The predicted octanol–water partition coefficient (Wildman–Crippen LogP) is -0.403. The Bertz CT molecular complexity index is 715. The van der Waals surface area contributed by atoms with Crippen molar-refractivity contribution in [2.24, 2.45) is 0 Å². The lowest BCUT2D eigenvalue weighted by Crippen LogP contribution is -2.48. The first-order chi connectivity index (χ1) is 10.1. The van der Waals surface area contributed by atoms with E-state index in [2.05, 4.69) is 15.5 Å². The zero-order valence-corrected chi connectivity index (χ0v) is 14.0. The SMILES string of the molecule is CC(=O)OC1(C)CNC(=O)N1c1nnc(S(=O)(=O)N(C)C)s1. The van der Waals surface area contributed by atoms with Gasteiger partial charge in [0.1, 0.15) is 0 Å². The van der Waals surface area contributed by atoms with Crippen molar-refractivity contribution in [1.82, 2.24) is 19.8 Å². The van der Waals surface area contributed by atoms with Gasteiger partial charge in [0.2, 0.25) is 15.2 Å². The van der Waals surface area contributed by atoms with Gasteiger partial charge in [-0.1, -0.05) is 11.3 Å². The molecule has 12 heteroatoms. The fraction of sp³-hybridized carbons (Fsp3) is 0.600. The molecule has 0 aromatic carbocycles. The Morgan fingerprint density at radius 3 is 2.64 bits per heavy atom. The van der Waals surface area contributed by atoms with Crippen LogP contribution < -0.4 is 10.2 Å². The lowest BCUT2D eigenvalue weighted by atomic mass is 10.2. The van der Waals surface area contributed by atoms with E-state index in [1.165, 1.54) is 27.9 Å². The monoisotopic (exact) mass is 349 g/mol. The highest BCUT2D eigenvalue weighted by molar-refractivity contribution is 7.91. The van der Waals surface area contributed by atoms with Gasteiger partial charge in [-0.25, -0.2) is 22.4 Å². The van der Waals surface area contributed by atoms with E-state index in [0.717, 1.165) is 20.5 Å². The van der Waals surface area contributed by atoms with Crippen molar-refractivity contribution in [3.05, 3.63) is 0 Å². The van der Waals surface area contributed by atoms with Crippen LogP contribution in [0.2, 0.25) is 0 Å². The number of sulfonamides is 1. The first kappa shape index (κ1) is 16.6. The van der Waals surface area contributed by atoms with Crippen molar-refractivity contribution < 1.29 is 22.7 Å². The molecule has 1 atom stereocenters. The summed E-state index contributed by atoms with van der Waals surface area (Å²) in [6.45, 7) is 2.79. The number of hydrogen-bond acceptors (Lipinski definition) is 8. The molecule has 1 saturated heterocycles. The van der Waals surface area contributed by atoms with Crippen molar-refractivity contribution in [3.63, 3.8) is 0 Å². The quantitative estimate of drug-likeness (QED) is 0.579. The lowest BCUT2D eigenvalue weighted by molar-refractivity contribution is -0.152. The van der Waals surface area contributed by atoms with Crippen LogP contribution in [0, 0.1) is 0 Å². The highest BCUT2D eigenvalue weighted by Gasteiger charge is 2.47. The molecule has 1 aromatic heterocycles. The Labute approximate surface area is 131 Å². The molecule has 10 nitrogen and oxygen atoms in total. The second kappa shape index (κ2) is 5.44. The van der Waals surface area contributed by atoms with Crippen molar-refractivity contribution in [1.29, 1.82) is 0 Å². The third kappa shape index (κ3) is 2.76. The van der Waals surface area contributed by atoms with Gasteiger partial charge in [0.15, 0.2) is 0 Å². The highest BCUT2D eigenvalue weighted by atomic mass is 32.2. The van der Waals surface area contributed by atoms with Gasteiger partial charge in [-0.2, -0.15) is 0 Å². The summed E-state index contributed by atoms with van der Waals surface area (Å²) >= 11 is 0.720. The molecule has 1 fully saturated rings. The zero-order valence-electron chi connectivity index (χ0n) is 12.4. The molecule has 1 aliphatic rings. The molecule has 0 spiro atoms. The minimum atomic E-state index is -3.75. The van der Waals surface area contributed by atoms with E-state index in [0.29, 0.717) is 0 Å². The minimum absolute atomic E-state index is 0.0270. The maximum atomic E-state index is 12.0. The van der Waals surface area contributed by atoms with Gasteiger partial charge >= 0.3 is 12.0 Å². The summed E-state index contributed by atoms with van der Waals surface area (Å²) in [7, 11) is -1.03. The number of amides is 2. The summed E-state index contributed by atoms with van der Waals surface area (Å²) in [5.41, 5.74) is -1.29. The van der Waals surface area contributed by atoms with E-state index < -0.39 is 27.7 Å². The molecule has 0 saturated carbocycles. The number of anilines is 1. The number of aromatic nitrogens is 2. The van der Waals surface area contributed by atoms with Gasteiger partial charge in [-0.15, -0.1) is 10.2 Å². The van der Waals surface area contributed by atoms with E-state index in [1.54, 1.807) is 0 Å². The molecule has 1 unspecified atom stereocenters. The number of carbonyl (C=O) groups excluding carboxylic acids is 2. The van der Waals surface area contributed by atoms with Crippen LogP contribution in [0.4, 0.5) is 9.93 Å². The van der Waals surface area contributed by atoms with Crippen LogP contribution in [-0.2, 0) is 19.6 Å². The smallest absolute Gasteiger partial charge is 0.327 e. The second-order valence-corrected chi connectivity index (χ2v) is 8.18. The number of hydrogen-bond donors (Lipinski definition) is 1. The average Bonchev–Trinajstić information content (AvgIpc) is 2.94. The maximum absolute atomic E-state index is 12.0. The molecular formula is C10H15N5O5S2. The van der Waals surface area contributed by atoms with Gasteiger partial charge in [0.05, 0.1) is 6.54 Å². The van der Waals surface area contributed by atoms with E-state index >= 15 is 0 Å². The average molecular weight is 349 g/mol.